The molecule has 14 heavy (non-hydrogen) atoms. The maximum Gasteiger partial charge on any atom is 0.123 e. The monoisotopic (exact) mass is 194 g/mol. The van der Waals surface area contributed by atoms with Crippen molar-refractivity contribution in [3.63, 3.8) is 0 Å². The predicted molar refractivity (Wildman–Crippen MR) is 58.5 cm³/mol. The first kappa shape index (κ1) is 11.0. The molecule has 0 spiro atoms. The Morgan fingerprint density at radius 3 is 2.50 bits per heavy atom. The summed E-state index contributed by atoms with van der Waals surface area (Å²) in [6, 6.07) is 8.19. The van der Waals surface area contributed by atoms with E-state index in [0.29, 0.717) is 6.54 Å². The molecular formula is C11H18N2O. The van der Waals surface area contributed by atoms with E-state index in [4.69, 9.17) is 10.5 Å². The van der Waals surface area contributed by atoms with Gasteiger partial charge in [-0.1, -0.05) is 18.2 Å². The van der Waals surface area contributed by atoms with E-state index in [1.54, 1.807) is 7.11 Å². The second-order valence-electron chi connectivity index (χ2n) is 3.46. The summed E-state index contributed by atoms with van der Waals surface area (Å²) >= 11 is 0. The Morgan fingerprint density at radius 2 is 2.00 bits per heavy atom. The number of rotatable bonds is 4. The Balaban J connectivity index is 3.02. The Kier molecular flexibility index (Phi) is 3.92. The molecule has 0 fully saturated rings. The first-order valence-corrected chi connectivity index (χ1v) is 4.70. The fraction of sp³-hybridized carbons (Fsp3) is 0.455. The molecule has 0 bridgehead atoms. The number of methoxy groups -OCH3 is 1. The van der Waals surface area contributed by atoms with Crippen LogP contribution in [-0.2, 0) is 0 Å². The SMILES string of the molecule is COc1ccccc1[C@H](CN)N(C)C. The number of benzene rings is 1. The smallest absolute Gasteiger partial charge is 0.123 e. The molecule has 3 nitrogen and oxygen atoms in total. The minimum Gasteiger partial charge on any atom is -0.496 e. The zero-order chi connectivity index (χ0) is 10.6. The first-order chi connectivity index (χ1) is 6.70. The molecule has 0 aliphatic rings. The van der Waals surface area contributed by atoms with E-state index in [0.717, 1.165) is 11.3 Å². The summed E-state index contributed by atoms with van der Waals surface area (Å²) in [6.45, 7) is 0.591. The number of nitrogens with zero attached hydrogens (tertiary/aromatic N) is 1. The van der Waals surface area contributed by atoms with Crippen molar-refractivity contribution in [1.29, 1.82) is 0 Å². The zero-order valence-electron chi connectivity index (χ0n) is 9.03. The number of para-hydroxylation sites is 1. The van der Waals surface area contributed by atoms with Gasteiger partial charge in [-0.3, -0.25) is 0 Å². The summed E-state index contributed by atoms with van der Waals surface area (Å²) in [4.78, 5) is 2.10. The van der Waals surface area contributed by atoms with Crippen molar-refractivity contribution >= 4 is 0 Å². The van der Waals surface area contributed by atoms with Gasteiger partial charge in [0.15, 0.2) is 0 Å². The van der Waals surface area contributed by atoms with Crippen LogP contribution < -0.4 is 10.5 Å². The van der Waals surface area contributed by atoms with Gasteiger partial charge in [-0.05, 0) is 20.2 Å². The topological polar surface area (TPSA) is 38.5 Å². The van der Waals surface area contributed by atoms with Gasteiger partial charge in [-0.25, -0.2) is 0 Å². The Morgan fingerprint density at radius 1 is 1.36 bits per heavy atom. The second-order valence-corrected chi connectivity index (χ2v) is 3.46. The van der Waals surface area contributed by atoms with Gasteiger partial charge < -0.3 is 15.4 Å². The Bertz CT molecular complexity index is 286. The number of ether oxygens (including phenoxy) is 1. The predicted octanol–water partition coefficient (Wildman–Crippen LogP) is 1.26. The van der Waals surface area contributed by atoms with Gasteiger partial charge in [-0.2, -0.15) is 0 Å². The van der Waals surface area contributed by atoms with Gasteiger partial charge in [0.05, 0.1) is 13.2 Å². The lowest BCUT2D eigenvalue weighted by Crippen LogP contribution is -2.27. The van der Waals surface area contributed by atoms with Crippen LogP contribution in [0.25, 0.3) is 0 Å². The third kappa shape index (κ3) is 2.25. The molecule has 78 valence electrons. The summed E-state index contributed by atoms with van der Waals surface area (Å²) in [5, 5.41) is 0. The number of likely N-dealkylation sites (N-methyl/N-ethyl adjacent to an activating group) is 1. The molecule has 0 saturated heterocycles. The Hall–Kier alpha value is -1.06. The average Bonchev–Trinajstić information content (AvgIpc) is 2.19. The minimum absolute atomic E-state index is 0.214. The van der Waals surface area contributed by atoms with Crippen LogP contribution in [-0.4, -0.2) is 32.6 Å². The van der Waals surface area contributed by atoms with Crippen molar-refractivity contribution in [3.05, 3.63) is 29.8 Å². The lowest BCUT2D eigenvalue weighted by Gasteiger charge is -2.24. The van der Waals surface area contributed by atoms with Gasteiger partial charge in [0, 0.05) is 12.1 Å². The van der Waals surface area contributed by atoms with E-state index in [9.17, 15) is 0 Å². The molecule has 1 rings (SSSR count). The van der Waals surface area contributed by atoms with Gasteiger partial charge in [0.25, 0.3) is 0 Å². The first-order valence-electron chi connectivity index (χ1n) is 4.70. The van der Waals surface area contributed by atoms with E-state index < -0.39 is 0 Å². The molecule has 1 aromatic carbocycles. The van der Waals surface area contributed by atoms with Crippen molar-refractivity contribution < 1.29 is 4.74 Å². The molecule has 0 unspecified atom stereocenters. The molecule has 0 heterocycles. The molecule has 0 aliphatic carbocycles. The van der Waals surface area contributed by atoms with Crippen molar-refractivity contribution in [2.45, 2.75) is 6.04 Å². The summed E-state index contributed by atoms with van der Waals surface area (Å²) in [5.41, 5.74) is 6.87. The van der Waals surface area contributed by atoms with Gasteiger partial charge in [0.1, 0.15) is 5.75 Å². The van der Waals surface area contributed by atoms with Gasteiger partial charge in [-0.15, -0.1) is 0 Å². The van der Waals surface area contributed by atoms with Crippen LogP contribution in [0, 0.1) is 0 Å². The van der Waals surface area contributed by atoms with E-state index in [1.165, 1.54) is 0 Å². The summed E-state index contributed by atoms with van der Waals surface area (Å²) in [7, 11) is 5.72. The third-order valence-corrected chi connectivity index (χ3v) is 2.34. The molecular weight excluding hydrogens is 176 g/mol. The Labute approximate surface area is 85.5 Å². The molecule has 0 radical (unpaired) electrons. The summed E-state index contributed by atoms with van der Waals surface area (Å²) in [5.74, 6) is 0.900. The van der Waals surface area contributed by atoms with E-state index in [2.05, 4.69) is 11.0 Å². The maximum atomic E-state index is 5.73. The van der Waals surface area contributed by atoms with E-state index >= 15 is 0 Å². The molecule has 0 aromatic heterocycles. The largest absolute Gasteiger partial charge is 0.496 e. The highest BCUT2D eigenvalue weighted by Crippen LogP contribution is 2.26. The van der Waals surface area contributed by atoms with Crippen molar-refractivity contribution in [1.82, 2.24) is 4.90 Å². The van der Waals surface area contributed by atoms with Crippen LogP contribution >= 0.6 is 0 Å². The molecule has 3 heteroatoms. The zero-order valence-corrected chi connectivity index (χ0v) is 9.03. The molecule has 0 saturated carbocycles. The number of hydrogen-bond acceptors (Lipinski definition) is 3. The van der Waals surface area contributed by atoms with Crippen LogP contribution in [0.3, 0.4) is 0 Å². The number of hydrogen-bond donors (Lipinski definition) is 1. The molecule has 1 aromatic rings. The minimum atomic E-state index is 0.214. The van der Waals surface area contributed by atoms with Crippen LogP contribution in [0.15, 0.2) is 24.3 Å². The fourth-order valence-electron chi connectivity index (χ4n) is 1.56. The second kappa shape index (κ2) is 4.98. The van der Waals surface area contributed by atoms with Crippen molar-refractivity contribution in [3.8, 4) is 5.75 Å². The van der Waals surface area contributed by atoms with Crippen molar-refractivity contribution in [2.75, 3.05) is 27.7 Å². The molecule has 0 aliphatic heterocycles. The van der Waals surface area contributed by atoms with E-state index in [-0.39, 0.29) is 6.04 Å². The van der Waals surface area contributed by atoms with Crippen LogP contribution in [0.5, 0.6) is 5.75 Å². The van der Waals surface area contributed by atoms with Crippen LogP contribution in [0.1, 0.15) is 11.6 Å². The van der Waals surface area contributed by atoms with Gasteiger partial charge in [0.2, 0.25) is 0 Å². The lowest BCUT2D eigenvalue weighted by molar-refractivity contribution is 0.295. The fourth-order valence-corrected chi connectivity index (χ4v) is 1.56. The average molecular weight is 194 g/mol. The quantitative estimate of drug-likeness (QED) is 0.784. The molecule has 1 atom stereocenters. The third-order valence-electron chi connectivity index (χ3n) is 2.34. The standard InChI is InChI=1S/C11H18N2O/c1-13(2)10(8-12)9-6-4-5-7-11(9)14-3/h4-7,10H,8,12H2,1-3H3/t10-/m0/s1. The highest BCUT2D eigenvalue weighted by Gasteiger charge is 2.15. The summed E-state index contributed by atoms with van der Waals surface area (Å²) in [6.07, 6.45) is 0. The molecule has 2 N–H and O–H groups in total. The van der Waals surface area contributed by atoms with Gasteiger partial charge >= 0.3 is 0 Å². The maximum absolute atomic E-state index is 5.73. The highest BCUT2D eigenvalue weighted by atomic mass is 16.5. The van der Waals surface area contributed by atoms with Crippen molar-refractivity contribution in [2.24, 2.45) is 5.73 Å². The lowest BCUT2D eigenvalue weighted by atomic mass is 10.1. The molecule has 0 amide bonds. The van der Waals surface area contributed by atoms with Crippen LogP contribution in [0.4, 0.5) is 0 Å². The highest BCUT2D eigenvalue weighted by molar-refractivity contribution is 5.36. The summed E-state index contributed by atoms with van der Waals surface area (Å²) < 4.78 is 5.30. The number of nitrogens with two attached hydrogens (primary N) is 1. The normalized spacial score (nSPS) is 12.9. The van der Waals surface area contributed by atoms with Crippen LogP contribution in [0.2, 0.25) is 0 Å². The van der Waals surface area contributed by atoms with E-state index in [1.807, 2.05) is 32.3 Å².